The largest absolute Gasteiger partial charge is 0.493 e. The lowest BCUT2D eigenvalue weighted by molar-refractivity contribution is 0.280. The number of nitrogens with one attached hydrogen (secondary N) is 1. The molecule has 1 N–H and O–H groups in total. The summed E-state index contributed by atoms with van der Waals surface area (Å²) in [6.07, 6.45) is 0. The summed E-state index contributed by atoms with van der Waals surface area (Å²) < 4.78 is 26.6. The number of thioether (sulfide) groups is 1. The normalized spacial score (nSPS) is 10.9. The first kappa shape index (κ1) is 24.0. The summed E-state index contributed by atoms with van der Waals surface area (Å²) >= 11 is 7.71. The van der Waals surface area contributed by atoms with E-state index in [0.717, 1.165) is 28.7 Å². The topological polar surface area (TPSA) is 74.1 Å². The summed E-state index contributed by atoms with van der Waals surface area (Å²) in [5.74, 6) is 1.64. The molecule has 0 amide bonds. The molecule has 176 valence electrons. The quantitative estimate of drug-likeness (QED) is 0.232. The number of aromatic nitrogens is 4. The summed E-state index contributed by atoms with van der Waals surface area (Å²) in [7, 11) is 1.60. The van der Waals surface area contributed by atoms with E-state index in [-0.39, 0.29) is 12.4 Å². The Morgan fingerprint density at radius 1 is 1.06 bits per heavy atom. The van der Waals surface area contributed by atoms with Crippen molar-refractivity contribution < 1.29 is 13.9 Å². The van der Waals surface area contributed by atoms with Crippen molar-refractivity contribution in [3.63, 3.8) is 0 Å². The number of hydrogen-bond donors (Lipinski definition) is 1. The molecule has 0 aliphatic rings. The standard InChI is InChI=1S/C24H23ClFN5O2S/c1-32-22-9-5-6-17(23(22)33-16-18-10-11-19(26)14-21(18)25)15-27-12-13-34-24-28-29-30-31(24)20-7-3-2-4-8-20/h2-11,14,27H,12-13,15-16H2,1H3. The van der Waals surface area contributed by atoms with E-state index in [4.69, 9.17) is 21.1 Å². The van der Waals surface area contributed by atoms with Gasteiger partial charge in [-0.25, -0.2) is 4.39 Å². The summed E-state index contributed by atoms with van der Waals surface area (Å²) in [6, 6.07) is 19.7. The molecule has 7 nitrogen and oxygen atoms in total. The molecular weight excluding hydrogens is 477 g/mol. The van der Waals surface area contributed by atoms with Crippen LogP contribution in [0.15, 0.2) is 71.9 Å². The average molecular weight is 500 g/mol. The van der Waals surface area contributed by atoms with Crippen molar-refractivity contribution >= 4 is 23.4 Å². The highest BCUT2D eigenvalue weighted by Gasteiger charge is 2.13. The van der Waals surface area contributed by atoms with Gasteiger partial charge >= 0.3 is 0 Å². The zero-order valence-electron chi connectivity index (χ0n) is 18.4. The SMILES string of the molecule is COc1cccc(CNCCSc2nnnn2-c2ccccc2)c1OCc1ccc(F)cc1Cl. The number of tetrazole rings is 1. The van der Waals surface area contributed by atoms with E-state index in [1.165, 1.54) is 12.1 Å². The molecule has 3 aromatic carbocycles. The molecule has 0 saturated heterocycles. The van der Waals surface area contributed by atoms with Gasteiger partial charge in [0.1, 0.15) is 12.4 Å². The number of para-hydroxylation sites is 2. The molecule has 0 unspecified atom stereocenters. The first-order valence-electron chi connectivity index (χ1n) is 10.6. The highest BCUT2D eigenvalue weighted by Crippen LogP contribution is 2.32. The number of methoxy groups -OCH3 is 1. The van der Waals surface area contributed by atoms with Gasteiger partial charge in [-0.15, -0.1) is 5.10 Å². The van der Waals surface area contributed by atoms with Gasteiger partial charge < -0.3 is 14.8 Å². The zero-order valence-corrected chi connectivity index (χ0v) is 20.0. The fourth-order valence-electron chi connectivity index (χ4n) is 3.25. The van der Waals surface area contributed by atoms with Crippen molar-refractivity contribution in [2.45, 2.75) is 18.3 Å². The van der Waals surface area contributed by atoms with Crippen LogP contribution in [-0.2, 0) is 13.2 Å². The molecular formula is C24H23ClFN5O2S. The average Bonchev–Trinajstić information content (AvgIpc) is 3.33. The summed E-state index contributed by atoms with van der Waals surface area (Å²) in [4.78, 5) is 0. The second-order valence-corrected chi connectivity index (χ2v) is 8.68. The molecule has 10 heteroatoms. The Balaban J connectivity index is 1.33. The molecule has 0 spiro atoms. The molecule has 0 aliphatic heterocycles. The Morgan fingerprint density at radius 2 is 1.91 bits per heavy atom. The van der Waals surface area contributed by atoms with Gasteiger partial charge in [0.05, 0.1) is 17.8 Å². The molecule has 0 saturated carbocycles. The van der Waals surface area contributed by atoms with Crippen LogP contribution in [0.1, 0.15) is 11.1 Å². The van der Waals surface area contributed by atoms with Crippen LogP contribution in [0.25, 0.3) is 5.69 Å². The molecule has 34 heavy (non-hydrogen) atoms. The van der Waals surface area contributed by atoms with Crippen LogP contribution in [0.4, 0.5) is 4.39 Å². The Labute approximate surface area is 206 Å². The maximum atomic E-state index is 13.3. The van der Waals surface area contributed by atoms with Gasteiger partial charge in [0.15, 0.2) is 11.5 Å². The van der Waals surface area contributed by atoms with Crippen molar-refractivity contribution in [3.05, 3.63) is 88.7 Å². The monoisotopic (exact) mass is 499 g/mol. The molecule has 0 fully saturated rings. The lowest BCUT2D eigenvalue weighted by atomic mass is 10.1. The van der Waals surface area contributed by atoms with Gasteiger partial charge in [-0.2, -0.15) is 4.68 Å². The number of halogens is 2. The van der Waals surface area contributed by atoms with Gasteiger partial charge in [-0.1, -0.05) is 59.8 Å². The third-order valence-corrected chi connectivity index (χ3v) is 6.21. The third kappa shape index (κ3) is 6.05. The third-order valence-electron chi connectivity index (χ3n) is 4.93. The van der Waals surface area contributed by atoms with Crippen LogP contribution >= 0.6 is 23.4 Å². The number of benzene rings is 3. The first-order chi connectivity index (χ1) is 16.7. The minimum atomic E-state index is -0.383. The van der Waals surface area contributed by atoms with Crippen LogP contribution < -0.4 is 14.8 Å². The molecule has 4 aromatic rings. The Bertz CT molecular complexity index is 1230. The van der Waals surface area contributed by atoms with Crippen LogP contribution in [0.2, 0.25) is 5.02 Å². The lowest BCUT2D eigenvalue weighted by Gasteiger charge is -2.16. The highest BCUT2D eigenvalue weighted by molar-refractivity contribution is 7.99. The fourth-order valence-corrected chi connectivity index (χ4v) is 4.26. The molecule has 0 atom stereocenters. The maximum absolute atomic E-state index is 13.3. The Kier molecular flexibility index (Phi) is 8.35. The minimum Gasteiger partial charge on any atom is -0.493 e. The fraction of sp³-hybridized carbons (Fsp3) is 0.208. The van der Waals surface area contributed by atoms with Crippen molar-refractivity contribution in [1.29, 1.82) is 0 Å². The van der Waals surface area contributed by atoms with E-state index in [9.17, 15) is 4.39 Å². The molecule has 0 radical (unpaired) electrons. The first-order valence-corrected chi connectivity index (χ1v) is 11.9. The lowest BCUT2D eigenvalue weighted by Crippen LogP contribution is -2.17. The number of ether oxygens (including phenoxy) is 2. The van der Waals surface area contributed by atoms with Crippen molar-refractivity contribution in [2.75, 3.05) is 19.4 Å². The minimum absolute atomic E-state index is 0.199. The van der Waals surface area contributed by atoms with Crippen LogP contribution in [0, 0.1) is 5.82 Å². The zero-order chi connectivity index (χ0) is 23.8. The van der Waals surface area contributed by atoms with Gasteiger partial charge in [-0.3, -0.25) is 0 Å². The van der Waals surface area contributed by atoms with E-state index in [0.29, 0.717) is 28.6 Å². The van der Waals surface area contributed by atoms with Crippen LogP contribution in [-0.4, -0.2) is 39.6 Å². The number of nitrogens with zero attached hydrogens (tertiary/aromatic N) is 4. The second kappa shape index (κ2) is 11.8. The van der Waals surface area contributed by atoms with Crippen LogP contribution in [0.3, 0.4) is 0 Å². The summed E-state index contributed by atoms with van der Waals surface area (Å²) in [6.45, 7) is 1.51. The van der Waals surface area contributed by atoms with Gasteiger partial charge in [0.25, 0.3) is 0 Å². The molecule has 1 aromatic heterocycles. The molecule has 0 aliphatic carbocycles. The van der Waals surface area contributed by atoms with Crippen molar-refractivity contribution in [1.82, 2.24) is 25.5 Å². The predicted molar refractivity (Wildman–Crippen MR) is 130 cm³/mol. The van der Waals surface area contributed by atoms with E-state index in [2.05, 4.69) is 20.8 Å². The Morgan fingerprint density at radius 3 is 2.71 bits per heavy atom. The van der Waals surface area contributed by atoms with E-state index >= 15 is 0 Å². The van der Waals surface area contributed by atoms with Gasteiger partial charge in [0.2, 0.25) is 5.16 Å². The summed E-state index contributed by atoms with van der Waals surface area (Å²) in [5.41, 5.74) is 2.56. The summed E-state index contributed by atoms with van der Waals surface area (Å²) in [5, 5.41) is 16.5. The van der Waals surface area contributed by atoms with Crippen molar-refractivity contribution in [3.8, 4) is 17.2 Å². The smallest absolute Gasteiger partial charge is 0.214 e. The van der Waals surface area contributed by atoms with E-state index in [1.54, 1.807) is 29.6 Å². The van der Waals surface area contributed by atoms with E-state index in [1.807, 2.05) is 48.5 Å². The molecule has 1 heterocycles. The Hall–Kier alpha value is -3.14. The van der Waals surface area contributed by atoms with Gasteiger partial charge in [-0.05, 0) is 40.8 Å². The second-order valence-electron chi connectivity index (χ2n) is 7.21. The van der Waals surface area contributed by atoms with Gasteiger partial charge in [0, 0.05) is 30.0 Å². The van der Waals surface area contributed by atoms with E-state index < -0.39 is 0 Å². The maximum Gasteiger partial charge on any atom is 0.214 e. The molecule has 0 bridgehead atoms. The highest BCUT2D eigenvalue weighted by atomic mass is 35.5. The molecule has 4 rings (SSSR count). The number of rotatable bonds is 11. The van der Waals surface area contributed by atoms with Crippen molar-refractivity contribution in [2.24, 2.45) is 0 Å². The number of hydrogen-bond acceptors (Lipinski definition) is 7. The predicted octanol–water partition coefficient (Wildman–Crippen LogP) is 4.92. The van der Waals surface area contributed by atoms with Crippen LogP contribution in [0.5, 0.6) is 11.5 Å².